The molecule has 0 radical (unpaired) electrons. The van der Waals surface area contributed by atoms with E-state index in [0.29, 0.717) is 17.9 Å². The zero-order chi connectivity index (χ0) is 14.4. The SMILES string of the molecule is COc1cccc(C=NCCC[C@H]2C=NNC2=O)c1O. The molecule has 2 N–H and O–H groups in total. The maximum absolute atomic E-state index is 11.3. The van der Waals surface area contributed by atoms with Crippen LogP contribution in [0.4, 0.5) is 0 Å². The first-order valence-electron chi connectivity index (χ1n) is 6.41. The van der Waals surface area contributed by atoms with E-state index in [4.69, 9.17) is 4.74 Å². The molecule has 2 rings (SSSR count). The van der Waals surface area contributed by atoms with Crippen LogP contribution >= 0.6 is 0 Å². The number of rotatable bonds is 6. The molecule has 0 saturated heterocycles. The number of para-hydroxylation sites is 1. The van der Waals surface area contributed by atoms with Crippen molar-refractivity contribution in [2.24, 2.45) is 16.0 Å². The second-order valence-corrected chi connectivity index (χ2v) is 4.44. The van der Waals surface area contributed by atoms with Gasteiger partial charge in [0.2, 0.25) is 5.91 Å². The number of benzene rings is 1. The number of nitrogens with one attached hydrogen (secondary N) is 1. The van der Waals surface area contributed by atoms with Gasteiger partial charge in [0, 0.05) is 24.5 Å². The van der Waals surface area contributed by atoms with Gasteiger partial charge < -0.3 is 9.84 Å². The first-order chi connectivity index (χ1) is 9.72. The Morgan fingerprint density at radius 1 is 1.55 bits per heavy atom. The van der Waals surface area contributed by atoms with Gasteiger partial charge in [0.05, 0.1) is 13.0 Å². The molecule has 1 aliphatic heterocycles. The smallest absolute Gasteiger partial charge is 0.248 e. The number of hydrazone groups is 1. The van der Waals surface area contributed by atoms with Crippen LogP contribution in [0, 0.1) is 5.92 Å². The highest BCUT2D eigenvalue weighted by atomic mass is 16.5. The van der Waals surface area contributed by atoms with Gasteiger partial charge in [0.15, 0.2) is 11.5 Å². The first kappa shape index (κ1) is 14.0. The molecule has 0 aliphatic carbocycles. The molecule has 0 aromatic heterocycles. The van der Waals surface area contributed by atoms with Crippen LogP contribution in [0.5, 0.6) is 11.5 Å². The molecule has 0 fully saturated rings. The van der Waals surface area contributed by atoms with Crippen LogP contribution in [0.25, 0.3) is 0 Å². The fourth-order valence-electron chi connectivity index (χ4n) is 1.92. The summed E-state index contributed by atoms with van der Waals surface area (Å²) in [6, 6.07) is 5.24. The summed E-state index contributed by atoms with van der Waals surface area (Å²) in [5.74, 6) is 0.309. The van der Waals surface area contributed by atoms with Gasteiger partial charge in [-0.15, -0.1) is 0 Å². The fraction of sp³-hybridized carbons (Fsp3) is 0.357. The normalized spacial score (nSPS) is 17.6. The van der Waals surface area contributed by atoms with Crippen molar-refractivity contribution in [2.45, 2.75) is 12.8 Å². The number of ether oxygens (including phenoxy) is 1. The number of hydrogen-bond donors (Lipinski definition) is 2. The van der Waals surface area contributed by atoms with Gasteiger partial charge in [-0.1, -0.05) is 6.07 Å². The van der Waals surface area contributed by atoms with Gasteiger partial charge in [0.25, 0.3) is 0 Å². The zero-order valence-corrected chi connectivity index (χ0v) is 11.2. The van der Waals surface area contributed by atoms with Gasteiger partial charge in [-0.05, 0) is 25.0 Å². The van der Waals surface area contributed by atoms with Gasteiger partial charge in [-0.3, -0.25) is 9.79 Å². The minimum Gasteiger partial charge on any atom is -0.504 e. The van der Waals surface area contributed by atoms with Crippen LogP contribution in [0.3, 0.4) is 0 Å². The number of methoxy groups -OCH3 is 1. The van der Waals surface area contributed by atoms with Crippen LogP contribution < -0.4 is 10.2 Å². The predicted molar refractivity (Wildman–Crippen MR) is 76.5 cm³/mol. The van der Waals surface area contributed by atoms with Crippen LogP contribution in [0.2, 0.25) is 0 Å². The molecule has 6 nitrogen and oxygen atoms in total. The van der Waals surface area contributed by atoms with E-state index >= 15 is 0 Å². The average molecular weight is 275 g/mol. The van der Waals surface area contributed by atoms with Crippen molar-refractivity contribution in [3.8, 4) is 11.5 Å². The molecule has 1 heterocycles. The zero-order valence-electron chi connectivity index (χ0n) is 11.2. The highest BCUT2D eigenvalue weighted by Crippen LogP contribution is 2.27. The number of carbonyl (C=O) groups is 1. The van der Waals surface area contributed by atoms with E-state index in [-0.39, 0.29) is 17.6 Å². The standard InChI is InChI=1S/C14H17N3O3/c1-20-12-6-2-4-10(13(12)18)8-15-7-3-5-11-9-16-17-14(11)19/h2,4,6,8-9,11,18H,3,5,7H2,1H3,(H,17,19)/t11-/m0/s1. The van der Waals surface area contributed by atoms with Crippen LogP contribution in [-0.2, 0) is 4.79 Å². The minimum absolute atomic E-state index is 0.0561. The molecular formula is C14H17N3O3. The molecule has 0 saturated carbocycles. The molecule has 6 heteroatoms. The van der Waals surface area contributed by atoms with Crippen LogP contribution in [-0.4, -0.2) is 37.1 Å². The summed E-state index contributed by atoms with van der Waals surface area (Å²) in [6.45, 7) is 0.592. The molecule has 1 amide bonds. The summed E-state index contributed by atoms with van der Waals surface area (Å²) in [5, 5.41) is 13.6. The Kier molecular flexibility index (Phi) is 4.70. The van der Waals surface area contributed by atoms with E-state index in [1.807, 2.05) is 0 Å². The number of phenols is 1. The fourth-order valence-corrected chi connectivity index (χ4v) is 1.92. The van der Waals surface area contributed by atoms with Crippen molar-refractivity contribution >= 4 is 18.3 Å². The topological polar surface area (TPSA) is 83.3 Å². The maximum atomic E-state index is 11.3. The minimum atomic E-state index is -0.143. The summed E-state index contributed by atoms with van der Waals surface area (Å²) < 4.78 is 5.02. The quantitative estimate of drug-likeness (QED) is 0.607. The molecule has 0 unspecified atom stereocenters. The third-order valence-corrected chi connectivity index (χ3v) is 3.05. The van der Waals surface area contributed by atoms with Crippen LogP contribution in [0.15, 0.2) is 28.3 Å². The number of aliphatic imine (C=N–C) groups is 1. The van der Waals surface area contributed by atoms with E-state index in [1.165, 1.54) is 7.11 Å². The molecule has 1 aromatic rings. The lowest BCUT2D eigenvalue weighted by Gasteiger charge is -2.05. The largest absolute Gasteiger partial charge is 0.504 e. The van der Waals surface area contributed by atoms with Crippen molar-refractivity contribution in [1.82, 2.24) is 5.43 Å². The lowest BCUT2D eigenvalue weighted by molar-refractivity contribution is -0.122. The second kappa shape index (κ2) is 6.70. The van der Waals surface area contributed by atoms with Gasteiger partial charge >= 0.3 is 0 Å². The monoisotopic (exact) mass is 275 g/mol. The Labute approximate surface area is 117 Å². The maximum Gasteiger partial charge on any atom is 0.248 e. The predicted octanol–water partition coefficient (Wildman–Crippen LogP) is 1.33. The Morgan fingerprint density at radius 3 is 3.10 bits per heavy atom. The van der Waals surface area contributed by atoms with Crippen molar-refractivity contribution in [2.75, 3.05) is 13.7 Å². The molecular weight excluding hydrogens is 258 g/mol. The van der Waals surface area contributed by atoms with Crippen LogP contribution in [0.1, 0.15) is 18.4 Å². The van der Waals surface area contributed by atoms with Crippen molar-refractivity contribution in [1.29, 1.82) is 0 Å². The van der Waals surface area contributed by atoms with Crippen molar-refractivity contribution in [3.05, 3.63) is 23.8 Å². The summed E-state index contributed by atoms with van der Waals surface area (Å²) in [5.41, 5.74) is 3.02. The highest BCUT2D eigenvalue weighted by molar-refractivity contribution is 5.97. The van der Waals surface area contributed by atoms with E-state index in [2.05, 4.69) is 15.5 Å². The highest BCUT2D eigenvalue weighted by Gasteiger charge is 2.19. The Morgan fingerprint density at radius 2 is 2.40 bits per heavy atom. The second-order valence-electron chi connectivity index (χ2n) is 4.44. The lowest BCUT2D eigenvalue weighted by atomic mass is 10.1. The van der Waals surface area contributed by atoms with Gasteiger partial charge in [-0.25, -0.2) is 5.43 Å². The molecule has 0 spiro atoms. The Bertz CT molecular complexity index is 540. The van der Waals surface area contributed by atoms with Gasteiger partial charge in [0.1, 0.15) is 0 Å². The summed E-state index contributed by atoms with van der Waals surface area (Å²) in [4.78, 5) is 15.5. The molecule has 20 heavy (non-hydrogen) atoms. The molecule has 0 bridgehead atoms. The molecule has 1 atom stereocenters. The number of hydrogen-bond acceptors (Lipinski definition) is 5. The Balaban J connectivity index is 1.82. The molecule has 1 aliphatic rings. The molecule has 1 aromatic carbocycles. The van der Waals surface area contributed by atoms with E-state index < -0.39 is 0 Å². The third kappa shape index (κ3) is 3.34. The number of nitrogens with zero attached hydrogens (tertiary/aromatic N) is 2. The number of phenolic OH excluding ortho intramolecular Hbond substituents is 1. The summed E-state index contributed by atoms with van der Waals surface area (Å²) in [7, 11) is 1.50. The number of carbonyl (C=O) groups excluding carboxylic acids is 1. The number of aromatic hydroxyl groups is 1. The number of amides is 1. The first-order valence-corrected chi connectivity index (χ1v) is 6.41. The van der Waals surface area contributed by atoms with Crippen molar-refractivity contribution < 1.29 is 14.6 Å². The van der Waals surface area contributed by atoms with E-state index in [0.717, 1.165) is 12.8 Å². The Hall–Kier alpha value is -2.37. The molecule has 106 valence electrons. The van der Waals surface area contributed by atoms with E-state index in [1.54, 1.807) is 30.6 Å². The average Bonchev–Trinajstić information content (AvgIpc) is 2.86. The third-order valence-electron chi connectivity index (χ3n) is 3.05. The van der Waals surface area contributed by atoms with Crippen molar-refractivity contribution in [3.63, 3.8) is 0 Å². The summed E-state index contributed by atoms with van der Waals surface area (Å²) in [6.07, 6.45) is 4.74. The van der Waals surface area contributed by atoms with Gasteiger partial charge in [-0.2, -0.15) is 5.10 Å². The van der Waals surface area contributed by atoms with E-state index in [9.17, 15) is 9.90 Å². The lowest BCUT2D eigenvalue weighted by Crippen LogP contribution is -2.19. The summed E-state index contributed by atoms with van der Waals surface area (Å²) >= 11 is 0.